The predicted octanol–water partition coefficient (Wildman–Crippen LogP) is 2.66. The second-order valence-electron chi connectivity index (χ2n) is 4.74. The lowest BCUT2D eigenvalue weighted by Crippen LogP contribution is -2.20. The molecule has 0 saturated carbocycles. The van der Waals surface area contributed by atoms with Crippen molar-refractivity contribution in [1.29, 1.82) is 0 Å². The molecule has 4 heteroatoms. The van der Waals surface area contributed by atoms with Gasteiger partial charge in [-0.3, -0.25) is 4.79 Å². The summed E-state index contributed by atoms with van der Waals surface area (Å²) >= 11 is 0. The standard InChI is InChI=1S/C14H22N2O2/c1-10(2)11(3)18-8-7-14(17)16-13-6-4-5-12(15)9-13/h4-6,9-11H,7-8,15H2,1-3H3,(H,16,17). The van der Waals surface area contributed by atoms with Gasteiger partial charge >= 0.3 is 0 Å². The largest absolute Gasteiger partial charge is 0.399 e. The number of hydrogen-bond acceptors (Lipinski definition) is 3. The van der Waals surface area contributed by atoms with Crippen LogP contribution in [0.4, 0.5) is 11.4 Å². The molecular weight excluding hydrogens is 228 g/mol. The molecule has 0 bridgehead atoms. The number of nitrogen functional groups attached to an aromatic ring is 1. The molecule has 1 unspecified atom stereocenters. The van der Waals surface area contributed by atoms with Crippen LogP contribution in [0.15, 0.2) is 24.3 Å². The summed E-state index contributed by atoms with van der Waals surface area (Å²) in [6.45, 7) is 6.64. The lowest BCUT2D eigenvalue weighted by Gasteiger charge is -2.16. The summed E-state index contributed by atoms with van der Waals surface area (Å²) in [6, 6.07) is 7.13. The molecule has 3 N–H and O–H groups in total. The van der Waals surface area contributed by atoms with Gasteiger partial charge < -0.3 is 15.8 Å². The Labute approximate surface area is 109 Å². The first kappa shape index (κ1) is 14.5. The maximum absolute atomic E-state index is 11.6. The normalized spacial score (nSPS) is 12.4. The summed E-state index contributed by atoms with van der Waals surface area (Å²) in [6.07, 6.45) is 0.524. The molecule has 0 spiro atoms. The van der Waals surface area contributed by atoms with Gasteiger partial charge in [-0.2, -0.15) is 0 Å². The lowest BCUT2D eigenvalue weighted by molar-refractivity contribution is -0.117. The number of ether oxygens (including phenoxy) is 1. The SMILES string of the molecule is CC(C)C(C)OCCC(=O)Nc1cccc(N)c1. The van der Waals surface area contributed by atoms with Crippen molar-refractivity contribution in [3.8, 4) is 0 Å². The first-order valence-corrected chi connectivity index (χ1v) is 6.26. The lowest BCUT2D eigenvalue weighted by atomic mass is 10.1. The number of carbonyl (C=O) groups excluding carboxylic acids is 1. The summed E-state index contributed by atoms with van der Waals surface area (Å²) in [5, 5.41) is 2.79. The molecule has 0 aliphatic heterocycles. The van der Waals surface area contributed by atoms with Gasteiger partial charge in [-0.1, -0.05) is 19.9 Å². The van der Waals surface area contributed by atoms with Crippen LogP contribution < -0.4 is 11.1 Å². The van der Waals surface area contributed by atoms with Gasteiger partial charge in [-0.25, -0.2) is 0 Å². The van der Waals surface area contributed by atoms with Crippen molar-refractivity contribution >= 4 is 17.3 Å². The molecule has 1 atom stereocenters. The minimum absolute atomic E-state index is 0.0587. The average Bonchev–Trinajstić information content (AvgIpc) is 2.28. The maximum Gasteiger partial charge on any atom is 0.226 e. The summed E-state index contributed by atoms with van der Waals surface area (Å²) in [7, 11) is 0. The number of amides is 1. The van der Waals surface area contributed by atoms with Crippen molar-refractivity contribution < 1.29 is 9.53 Å². The molecule has 0 aliphatic carbocycles. The zero-order chi connectivity index (χ0) is 13.5. The van der Waals surface area contributed by atoms with Crippen LogP contribution in [0.25, 0.3) is 0 Å². The minimum Gasteiger partial charge on any atom is -0.399 e. The number of nitrogens with one attached hydrogen (secondary N) is 1. The number of carbonyl (C=O) groups is 1. The molecule has 100 valence electrons. The molecule has 0 aromatic heterocycles. The van der Waals surface area contributed by atoms with E-state index in [0.29, 0.717) is 24.6 Å². The van der Waals surface area contributed by atoms with Crippen molar-refractivity contribution in [2.75, 3.05) is 17.7 Å². The molecule has 0 fully saturated rings. The highest BCUT2D eigenvalue weighted by Gasteiger charge is 2.08. The van der Waals surface area contributed by atoms with Crippen LogP contribution in [0.3, 0.4) is 0 Å². The molecule has 1 aromatic rings. The Hall–Kier alpha value is -1.55. The van der Waals surface area contributed by atoms with E-state index in [1.54, 1.807) is 12.1 Å². The number of hydrogen-bond donors (Lipinski definition) is 2. The Bertz CT molecular complexity index is 391. The van der Waals surface area contributed by atoms with Crippen molar-refractivity contribution in [1.82, 2.24) is 0 Å². The van der Waals surface area contributed by atoms with Crippen LogP contribution in [-0.4, -0.2) is 18.6 Å². The van der Waals surface area contributed by atoms with Crippen molar-refractivity contribution in [2.24, 2.45) is 5.92 Å². The van der Waals surface area contributed by atoms with Crippen molar-refractivity contribution in [3.63, 3.8) is 0 Å². The second-order valence-corrected chi connectivity index (χ2v) is 4.74. The van der Waals surface area contributed by atoms with Gasteiger partial charge in [0.2, 0.25) is 5.91 Å². The van der Waals surface area contributed by atoms with Crippen LogP contribution >= 0.6 is 0 Å². The quantitative estimate of drug-likeness (QED) is 0.763. The molecule has 0 aliphatic rings. The Balaban J connectivity index is 2.30. The monoisotopic (exact) mass is 250 g/mol. The Morgan fingerprint density at radius 2 is 2.11 bits per heavy atom. The van der Waals surface area contributed by atoms with Crippen LogP contribution in [0, 0.1) is 5.92 Å². The van der Waals surface area contributed by atoms with Crippen LogP contribution in [0.5, 0.6) is 0 Å². The van der Waals surface area contributed by atoms with Crippen molar-refractivity contribution in [3.05, 3.63) is 24.3 Å². The molecule has 0 radical (unpaired) electrons. The van der Waals surface area contributed by atoms with Crippen LogP contribution in [0.2, 0.25) is 0 Å². The summed E-state index contributed by atoms with van der Waals surface area (Å²) in [5.41, 5.74) is 6.99. The topological polar surface area (TPSA) is 64.3 Å². The van der Waals surface area contributed by atoms with Gasteiger partial charge in [0, 0.05) is 11.4 Å². The third-order valence-electron chi connectivity index (χ3n) is 2.82. The third-order valence-corrected chi connectivity index (χ3v) is 2.82. The zero-order valence-electron chi connectivity index (χ0n) is 11.3. The van der Waals surface area contributed by atoms with E-state index in [-0.39, 0.29) is 12.0 Å². The molecule has 0 saturated heterocycles. The van der Waals surface area contributed by atoms with E-state index in [9.17, 15) is 4.79 Å². The number of nitrogens with two attached hydrogens (primary N) is 1. The molecular formula is C14H22N2O2. The van der Waals surface area contributed by atoms with E-state index in [2.05, 4.69) is 19.2 Å². The zero-order valence-corrected chi connectivity index (χ0v) is 11.3. The van der Waals surface area contributed by atoms with Gasteiger partial charge in [0.15, 0.2) is 0 Å². The Morgan fingerprint density at radius 1 is 1.39 bits per heavy atom. The highest BCUT2D eigenvalue weighted by atomic mass is 16.5. The third kappa shape index (κ3) is 5.19. The van der Waals surface area contributed by atoms with Crippen LogP contribution in [0.1, 0.15) is 27.2 Å². The summed E-state index contributed by atoms with van der Waals surface area (Å²) in [4.78, 5) is 11.6. The summed E-state index contributed by atoms with van der Waals surface area (Å²) in [5.74, 6) is 0.401. The van der Waals surface area contributed by atoms with E-state index in [1.807, 2.05) is 19.1 Å². The minimum atomic E-state index is -0.0587. The van der Waals surface area contributed by atoms with Crippen LogP contribution in [-0.2, 0) is 9.53 Å². The Morgan fingerprint density at radius 3 is 2.72 bits per heavy atom. The van der Waals surface area contributed by atoms with E-state index in [1.165, 1.54) is 0 Å². The first-order chi connectivity index (χ1) is 8.49. The van der Waals surface area contributed by atoms with E-state index in [4.69, 9.17) is 10.5 Å². The van der Waals surface area contributed by atoms with Gasteiger partial charge in [0.05, 0.1) is 19.1 Å². The van der Waals surface area contributed by atoms with Crippen molar-refractivity contribution in [2.45, 2.75) is 33.3 Å². The second kappa shape index (κ2) is 7.01. The van der Waals surface area contributed by atoms with E-state index < -0.39 is 0 Å². The maximum atomic E-state index is 11.6. The van der Waals surface area contributed by atoms with Gasteiger partial charge in [-0.05, 0) is 31.0 Å². The van der Waals surface area contributed by atoms with E-state index in [0.717, 1.165) is 5.69 Å². The smallest absolute Gasteiger partial charge is 0.226 e. The molecule has 18 heavy (non-hydrogen) atoms. The van der Waals surface area contributed by atoms with Gasteiger partial charge in [0.1, 0.15) is 0 Å². The van der Waals surface area contributed by atoms with Gasteiger partial charge in [0.25, 0.3) is 0 Å². The molecule has 1 amide bonds. The highest BCUT2D eigenvalue weighted by molar-refractivity contribution is 5.91. The van der Waals surface area contributed by atoms with E-state index >= 15 is 0 Å². The Kier molecular flexibility index (Phi) is 5.65. The molecule has 4 nitrogen and oxygen atoms in total. The average molecular weight is 250 g/mol. The number of benzene rings is 1. The molecule has 1 rings (SSSR count). The fourth-order valence-corrected chi connectivity index (χ4v) is 1.37. The molecule has 0 heterocycles. The number of rotatable bonds is 6. The molecule has 1 aromatic carbocycles. The first-order valence-electron chi connectivity index (χ1n) is 6.26. The van der Waals surface area contributed by atoms with Gasteiger partial charge in [-0.15, -0.1) is 0 Å². The summed E-state index contributed by atoms with van der Waals surface area (Å²) < 4.78 is 5.55. The number of anilines is 2. The predicted molar refractivity (Wildman–Crippen MR) is 74.4 cm³/mol. The highest BCUT2D eigenvalue weighted by Crippen LogP contribution is 2.12. The fourth-order valence-electron chi connectivity index (χ4n) is 1.37. The fraction of sp³-hybridized carbons (Fsp3) is 0.500.